The molecule has 1 aromatic heterocycles. The van der Waals surface area contributed by atoms with Gasteiger partial charge in [0.15, 0.2) is 5.75 Å². The SMILES string of the molecule is COc1nc(OC)nc(Oc2cc(C)ccc2N)n1. The second kappa shape index (κ2) is 5.38. The van der Waals surface area contributed by atoms with Gasteiger partial charge < -0.3 is 19.9 Å². The maximum Gasteiger partial charge on any atom is 0.331 e. The van der Waals surface area contributed by atoms with Crippen LogP contribution in [0.1, 0.15) is 5.56 Å². The number of ether oxygens (including phenoxy) is 3. The summed E-state index contributed by atoms with van der Waals surface area (Å²) in [6.45, 7) is 1.93. The average Bonchev–Trinajstić information content (AvgIpc) is 2.42. The molecule has 0 spiro atoms. The first-order chi connectivity index (χ1) is 9.12. The van der Waals surface area contributed by atoms with E-state index in [1.807, 2.05) is 13.0 Å². The maximum absolute atomic E-state index is 5.82. The average molecular weight is 262 g/mol. The lowest BCUT2D eigenvalue weighted by Crippen LogP contribution is -2.02. The van der Waals surface area contributed by atoms with Crippen LogP contribution in [0.4, 0.5) is 5.69 Å². The Bertz CT molecular complexity index is 567. The van der Waals surface area contributed by atoms with Gasteiger partial charge in [0.1, 0.15) is 0 Å². The molecule has 2 N–H and O–H groups in total. The molecule has 7 nitrogen and oxygen atoms in total. The van der Waals surface area contributed by atoms with Crippen molar-refractivity contribution in [2.75, 3.05) is 20.0 Å². The van der Waals surface area contributed by atoms with E-state index in [0.717, 1.165) is 5.56 Å². The molecular formula is C12H14N4O3. The number of anilines is 1. The van der Waals surface area contributed by atoms with Crippen LogP contribution in [0.3, 0.4) is 0 Å². The smallest absolute Gasteiger partial charge is 0.331 e. The van der Waals surface area contributed by atoms with Gasteiger partial charge >= 0.3 is 18.0 Å². The van der Waals surface area contributed by atoms with Crippen LogP contribution in [0.25, 0.3) is 0 Å². The van der Waals surface area contributed by atoms with Crippen molar-refractivity contribution in [1.29, 1.82) is 0 Å². The first-order valence-electron chi connectivity index (χ1n) is 5.50. The Hall–Kier alpha value is -2.57. The number of hydrogen-bond donors (Lipinski definition) is 1. The molecule has 2 aromatic rings. The summed E-state index contributed by atoms with van der Waals surface area (Å²) in [6, 6.07) is 5.69. The highest BCUT2D eigenvalue weighted by atomic mass is 16.5. The first kappa shape index (κ1) is 12.9. The van der Waals surface area contributed by atoms with Gasteiger partial charge in [-0.1, -0.05) is 6.07 Å². The van der Waals surface area contributed by atoms with Crippen LogP contribution in [0.2, 0.25) is 0 Å². The Balaban J connectivity index is 2.34. The molecule has 0 aliphatic heterocycles. The summed E-state index contributed by atoms with van der Waals surface area (Å²) in [4.78, 5) is 11.8. The summed E-state index contributed by atoms with van der Waals surface area (Å²) in [5.74, 6) is 0.468. The summed E-state index contributed by atoms with van der Waals surface area (Å²) >= 11 is 0. The van der Waals surface area contributed by atoms with Gasteiger partial charge in [-0.2, -0.15) is 0 Å². The highest BCUT2D eigenvalue weighted by Gasteiger charge is 2.10. The van der Waals surface area contributed by atoms with Crippen LogP contribution in [0.5, 0.6) is 23.8 Å². The lowest BCUT2D eigenvalue weighted by molar-refractivity contribution is 0.320. The van der Waals surface area contributed by atoms with E-state index in [9.17, 15) is 0 Å². The predicted molar refractivity (Wildman–Crippen MR) is 68.6 cm³/mol. The van der Waals surface area contributed by atoms with Crippen molar-refractivity contribution in [2.45, 2.75) is 6.92 Å². The number of aryl methyl sites for hydroxylation is 1. The Morgan fingerprint density at radius 3 is 2.11 bits per heavy atom. The lowest BCUT2D eigenvalue weighted by atomic mass is 10.2. The summed E-state index contributed by atoms with van der Waals surface area (Å²) in [7, 11) is 2.89. The molecule has 0 bridgehead atoms. The molecule has 0 fully saturated rings. The minimum atomic E-state index is 0.0565. The lowest BCUT2D eigenvalue weighted by Gasteiger charge is -2.09. The molecule has 0 aliphatic carbocycles. The molecule has 1 aromatic carbocycles. The van der Waals surface area contributed by atoms with Crippen LogP contribution >= 0.6 is 0 Å². The van der Waals surface area contributed by atoms with Crippen LogP contribution in [-0.4, -0.2) is 29.2 Å². The van der Waals surface area contributed by atoms with Crippen molar-refractivity contribution in [3.05, 3.63) is 23.8 Å². The summed E-state index contributed by atoms with van der Waals surface area (Å²) in [6.07, 6.45) is 0. The quantitative estimate of drug-likeness (QED) is 0.836. The van der Waals surface area contributed by atoms with E-state index >= 15 is 0 Å². The van der Waals surface area contributed by atoms with Crippen LogP contribution in [0.15, 0.2) is 18.2 Å². The number of hydrogen-bond acceptors (Lipinski definition) is 7. The molecule has 1 heterocycles. The van der Waals surface area contributed by atoms with Gasteiger partial charge in [-0.15, -0.1) is 15.0 Å². The van der Waals surface area contributed by atoms with Gasteiger partial charge in [0.2, 0.25) is 0 Å². The van der Waals surface area contributed by atoms with Crippen molar-refractivity contribution in [2.24, 2.45) is 0 Å². The molecule has 0 saturated heterocycles. The van der Waals surface area contributed by atoms with Gasteiger partial charge in [0, 0.05) is 0 Å². The molecular weight excluding hydrogens is 248 g/mol. The molecule has 0 aliphatic rings. The van der Waals surface area contributed by atoms with Crippen molar-refractivity contribution in [3.63, 3.8) is 0 Å². The maximum atomic E-state index is 5.82. The van der Waals surface area contributed by atoms with Gasteiger partial charge in [-0.25, -0.2) is 0 Å². The van der Waals surface area contributed by atoms with Gasteiger partial charge in [0.05, 0.1) is 19.9 Å². The zero-order chi connectivity index (χ0) is 13.8. The second-order valence-corrected chi connectivity index (χ2v) is 3.73. The number of nitrogen functional groups attached to an aromatic ring is 1. The number of methoxy groups -OCH3 is 2. The summed E-state index contributed by atoms with van der Waals surface area (Å²) in [5.41, 5.74) is 7.32. The van der Waals surface area contributed by atoms with Gasteiger partial charge in [-0.3, -0.25) is 0 Å². The monoisotopic (exact) mass is 262 g/mol. The third-order valence-electron chi connectivity index (χ3n) is 2.31. The van der Waals surface area contributed by atoms with Crippen molar-refractivity contribution in [1.82, 2.24) is 15.0 Å². The van der Waals surface area contributed by atoms with E-state index in [0.29, 0.717) is 11.4 Å². The third-order valence-corrected chi connectivity index (χ3v) is 2.31. The minimum Gasteiger partial charge on any atom is -0.467 e. The predicted octanol–water partition coefficient (Wildman–Crippen LogP) is 1.57. The fourth-order valence-corrected chi connectivity index (χ4v) is 1.38. The third kappa shape index (κ3) is 3.01. The number of nitrogens with zero attached hydrogens (tertiary/aromatic N) is 3. The van der Waals surface area contributed by atoms with E-state index in [-0.39, 0.29) is 18.0 Å². The van der Waals surface area contributed by atoms with Crippen LogP contribution < -0.4 is 19.9 Å². The number of benzene rings is 1. The fraction of sp³-hybridized carbons (Fsp3) is 0.250. The number of nitrogens with two attached hydrogens (primary N) is 1. The molecule has 100 valence electrons. The van der Waals surface area contributed by atoms with Crippen molar-refractivity contribution >= 4 is 5.69 Å². The molecule has 2 rings (SSSR count). The molecule has 0 saturated carbocycles. The van der Waals surface area contributed by atoms with Crippen LogP contribution in [0, 0.1) is 6.92 Å². The van der Waals surface area contributed by atoms with E-state index < -0.39 is 0 Å². The van der Waals surface area contributed by atoms with Crippen LogP contribution in [-0.2, 0) is 0 Å². The normalized spacial score (nSPS) is 10.1. The first-order valence-corrected chi connectivity index (χ1v) is 5.50. The Labute approximate surface area is 110 Å². The zero-order valence-electron chi connectivity index (χ0n) is 10.9. The number of aromatic nitrogens is 3. The highest BCUT2D eigenvalue weighted by Crippen LogP contribution is 2.27. The largest absolute Gasteiger partial charge is 0.467 e. The summed E-state index contributed by atoms with van der Waals surface area (Å²) in [5, 5.41) is 0. The highest BCUT2D eigenvalue weighted by molar-refractivity contribution is 5.54. The Morgan fingerprint density at radius 2 is 1.53 bits per heavy atom. The topological polar surface area (TPSA) is 92.4 Å². The molecule has 0 radical (unpaired) electrons. The van der Waals surface area contributed by atoms with Gasteiger partial charge in [0.25, 0.3) is 0 Å². The molecule has 0 unspecified atom stereocenters. The molecule has 19 heavy (non-hydrogen) atoms. The van der Waals surface area contributed by atoms with Crippen molar-refractivity contribution < 1.29 is 14.2 Å². The summed E-state index contributed by atoms with van der Waals surface area (Å²) < 4.78 is 15.4. The van der Waals surface area contributed by atoms with Gasteiger partial charge in [-0.05, 0) is 24.6 Å². The second-order valence-electron chi connectivity index (χ2n) is 3.73. The van der Waals surface area contributed by atoms with Crippen molar-refractivity contribution in [3.8, 4) is 23.8 Å². The fourth-order valence-electron chi connectivity index (χ4n) is 1.38. The van der Waals surface area contributed by atoms with E-state index in [1.54, 1.807) is 12.1 Å². The van der Waals surface area contributed by atoms with E-state index in [2.05, 4.69) is 15.0 Å². The standard InChI is InChI=1S/C12H14N4O3/c1-7-4-5-8(13)9(6-7)19-12-15-10(17-2)14-11(16-12)18-3/h4-6H,13H2,1-3H3. The molecule has 7 heteroatoms. The van der Waals surface area contributed by atoms with E-state index in [1.165, 1.54) is 14.2 Å². The Kier molecular flexibility index (Phi) is 3.65. The zero-order valence-corrected chi connectivity index (χ0v) is 10.9. The molecule has 0 atom stereocenters. The van der Waals surface area contributed by atoms with E-state index in [4.69, 9.17) is 19.9 Å². The number of rotatable bonds is 4. The minimum absolute atomic E-state index is 0.0565. The Morgan fingerprint density at radius 1 is 0.947 bits per heavy atom. The molecule has 0 amide bonds.